The Morgan fingerprint density at radius 1 is 1.38 bits per heavy atom. The summed E-state index contributed by atoms with van der Waals surface area (Å²) < 4.78 is 24.8. The Bertz CT molecular complexity index is 821. The molecule has 1 N–H and O–H groups in total. The maximum absolute atomic E-state index is 12.4. The summed E-state index contributed by atoms with van der Waals surface area (Å²) in [5.74, 6) is -0.0105. The van der Waals surface area contributed by atoms with Crippen molar-refractivity contribution < 1.29 is 13.2 Å². The van der Waals surface area contributed by atoms with Crippen LogP contribution in [0.2, 0.25) is 0 Å². The second-order valence-corrected chi connectivity index (χ2v) is 7.90. The number of aromatic nitrogens is 1. The van der Waals surface area contributed by atoms with Crippen LogP contribution < -0.4 is 5.32 Å². The summed E-state index contributed by atoms with van der Waals surface area (Å²) in [7, 11) is -1.14. The molecule has 5 nitrogen and oxygen atoms in total. The number of carbonyl (C=O) groups excluding carboxylic acids is 1. The zero-order chi connectivity index (χ0) is 15.2. The lowest BCUT2D eigenvalue weighted by Gasteiger charge is -2.11. The molecule has 2 heterocycles. The highest BCUT2D eigenvalue weighted by atomic mass is 32.2. The highest BCUT2D eigenvalue weighted by Crippen LogP contribution is 2.22. The third-order valence-corrected chi connectivity index (χ3v) is 5.87. The molecule has 2 aromatic rings. The molecule has 1 atom stereocenters. The third-order valence-electron chi connectivity index (χ3n) is 4.11. The standard InChI is InChI=1S/C15H18N2O3S/c1-10-4-3-5-13-12(10)8-14(17(13)2)15(18)16-11-6-7-21(19,20)9-11/h3-5,8,11H,6-7,9H2,1-2H3,(H,16,18). The monoisotopic (exact) mass is 306 g/mol. The van der Waals surface area contributed by atoms with Crippen molar-refractivity contribution in [1.29, 1.82) is 0 Å². The minimum absolute atomic E-state index is 0.0434. The van der Waals surface area contributed by atoms with Crippen molar-refractivity contribution in [2.24, 2.45) is 7.05 Å². The Hall–Kier alpha value is -1.82. The number of nitrogens with one attached hydrogen (secondary N) is 1. The lowest BCUT2D eigenvalue weighted by atomic mass is 10.1. The van der Waals surface area contributed by atoms with E-state index in [0.29, 0.717) is 12.1 Å². The minimum atomic E-state index is -2.99. The summed E-state index contributed by atoms with van der Waals surface area (Å²) in [6.07, 6.45) is 0.497. The molecule has 1 aromatic carbocycles. The van der Waals surface area contributed by atoms with Gasteiger partial charge in [-0.1, -0.05) is 12.1 Å². The van der Waals surface area contributed by atoms with Gasteiger partial charge in [-0.25, -0.2) is 8.42 Å². The number of rotatable bonds is 2. The predicted octanol–water partition coefficient (Wildman–Crippen LogP) is 1.40. The van der Waals surface area contributed by atoms with Gasteiger partial charge >= 0.3 is 0 Å². The zero-order valence-corrected chi connectivity index (χ0v) is 12.9. The number of nitrogens with zero attached hydrogens (tertiary/aromatic N) is 1. The molecule has 0 spiro atoms. The second-order valence-electron chi connectivity index (χ2n) is 5.67. The normalized spacial score (nSPS) is 20.8. The number of benzene rings is 1. The molecule has 21 heavy (non-hydrogen) atoms. The smallest absolute Gasteiger partial charge is 0.268 e. The summed E-state index contributed by atoms with van der Waals surface area (Å²) in [4.78, 5) is 12.4. The molecule has 0 bridgehead atoms. The van der Waals surface area contributed by atoms with Gasteiger partial charge in [-0.05, 0) is 31.0 Å². The van der Waals surface area contributed by atoms with E-state index < -0.39 is 9.84 Å². The molecule has 1 saturated heterocycles. The van der Waals surface area contributed by atoms with Crippen LogP contribution in [0.4, 0.5) is 0 Å². The largest absolute Gasteiger partial charge is 0.347 e. The van der Waals surface area contributed by atoms with Gasteiger partial charge < -0.3 is 9.88 Å². The van der Waals surface area contributed by atoms with Crippen molar-refractivity contribution in [3.63, 3.8) is 0 Å². The van der Waals surface area contributed by atoms with Crippen LogP contribution >= 0.6 is 0 Å². The topological polar surface area (TPSA) is 68.2 Å². The lowest BCUT2D eigenvalue weighted by Crippen LogP contribution is -2.36. The number of hydrogen-bond acceptors (Lipinski definition) is 3. The number of hydrogen-bond donors (Lipinski definition) is 1. The molecule has 1 aliphatic heterocycles. The van der Waals surface area contributed by atoms with Crippen LogP contribution in [0.1, 0.15) is 22.5 Å². The number of fused-ring (bicyclic) bond motifs is 1. The highest BCUT2D eigenvalue weighted by molar-refractivity contribution is 7.91. The van der Waals surface area contributed by atoms with Gasteiger partial charge in [0.15, 0.2) is 9.84 Å². The average molecular weight is 306 g/mol. The van der Waals surface area contributed by atoms with Gasteiger partial charge in [-0.2, -0.15) is 0 Å². The fourth-order valence-electron chi connectivity index (χ4n) is 2.89. The van der Waals surface area contributed by atoms with Crippen molar-refractivity contribution in [1.82, 2.24) is 9.88 Å². The Morgan fingerprint density at radius 3 is 2.76 bits per heavy atom. The van der Waals surface area contributed by atoms with E-state index in [-0.39, 0.29) is 23.5 Å². The highest BCUT2D eigenvalue weighted by Gasteiger charge is 2.29. The van der Waals surface area contributed by atoms with E-state index in [2.05, 4.69) is 5.32 Å². The fourth-order valence-corrected chi connectivity index (χ4v) is 4.57. The Kier molecular flexibility index (Phi) is 3.28. The summed E-state index contributed by atoms with van der Waals surface area (Å²) in [5.41, 5.74) is 2.67. The van der Waals surface area contributed by atoms with Gasteiger partial charge in [-0.3, -0.25) is 4.79 Å². The third kappa shape index (κ3) is 2.55. The molecule has 1 fully saturated rings. The van der Waals surface area contributed by atoms with Crippen molar-refractivity contribution >= 4 is 26.6 Å². The molecular weight excluding hydrogens is 288 g/mol. The molecule has 1 aliphatic rings. The quantitative estimate of drug-likeness (QED) is 0.912. The number of carbonyl (C=O) groups is 1. The lowest BCUT2D eigenvalue weighted by molar-refractivity contribution is 0.0933. The van der Waals surface area contributed by atoms with Crippen molar-refractivity contribution in [3.05, 3.63) is 35.5 Å². The van der Waals surface area contributed by atoms with Gasteiger partial charge in [0.1, 0.15) is 5.69 Å². The second kappa shape index (κ2) is 4.87. The van der Waals surface area contributed by atoms with Crippen molar-refractivity contribution in [2.75, 3.05) is 11.5 Å². The maximum Gasteiger partial charge on any atom is 0.268 e. The van der Waals surface area contributed by atoms with E-state index in [1.807, 2.05) is 42.8 Å². The van der Waals surface area contributed by atoms with Gasteiger partial charge in [0.25, 0.3) is 5.91 Å². The number of aryl methyl sites for hydroxylation is 2. The molecule has 0 aliphatic carbocycles. The Labute approximate surface area is 123 Å². The van der Waals surface area contributed by atoms with Crippen LogP contribution in [-0.2, 0) is 16.9 Å². The van der Waals surface area contributed by atoms with E-state index >= 15 is 0 Å². The first-order valence-corrected chi connectivity index (χ1v) is 8.76. The SMILES string of the molecule is Cc1cccc2c1cc(C(=O)NC1CCS(=O)(=O)C1)n2C. The van der Waals surface area contributed by atoms with Crippen LogP contribution in [0.25, 0.3) is 10.9 Å². The molecule has 1 amide bonds. The average Bonchev–Trinajstić information content (AvgIpc) is 2.92. The maximum atomic E-state index is 12.4. The van der Waals surface area contributed by atoms with E-state index in [0.717, 1.165) is 16.5 Å². The molecule has 0 saturated carbocycles. The molecule has 1 aromatic heterocycles. The van der Waals surface area contributed by atoms with Gasteiger partial charge in [0, 0.05) is 24.0 Å². The van der Waals surface area contributed by atoms with Gasteiger partial charge in [0.2, 0.25) is 0 Å². The van der Waals surface area contributed by atoms with Crippen LogP contribution in [0.15, 0.2) is 24.3 Å². The van der Waals surface area contributed by atoms with E-state index in [4.69, 9.17) is 0 Å². The first kappa shape index (κ1) is 14.1. The number of sulfone groups is 1. The zero-order valence-electron chi connectivity index (χ0n) is 12.1. The summed E-state index contributed by atoms with van der Waals surface area (Å²) in [6, 6.07) is 7.53. The Balaban J connectivity index is 1.89. The van der Waals surface area contributed by atoms with Crippen LogP contribution in [-0.4, -0.2) is 36.4 Å². The van der Waals surface area contributed by atoms with Crippen LogP contribution in [0, 0.1) is 6.92 Å². The predicted molar refractivity (Wildman–Crippen MR) is 82.2 cm³/mol. The molecule has 112 valence electrons. The molecule has 0 radical (unpaired) electrons. The first-order valence-electron chi connectivity index (χ1n) is 6.94. The fraction of sp³-hybridized carbons (Fsp3) is 0.400. The van der Waals surface area contributed by atoms with Gasteiger partial charge in [-0.15, -0.1) is 0 Å². The Morgan fingerprint density at radius 2 is 2.14 bits per heavy atom. The van der Waals surface area contributed by atoms with Gasteiger partial charge in [0.05, 0.1) is 11.5 Å². The van der Waals surface area contributed by atoms with Crippen LogP contribution in [0.5, 0.6) is 0 Å². The molecule has 3 rings (SSSR count). The minimum Gasteiger partial charge on any atom is -0.347 e. The number of amides is 1. The van der Waals surface area contributed by atoms with Crippen molar-refractivity contribution in [3.8, 4) is 0 Å². The summed E-state index contributed by atoms with van der Waals surface area (Å²) >= 11 is 0. The summed E-state index contributed by atoms with van der Waals surface area (Å²) in [6.45, 7) is 2.01. The van der Waals surface area contributed by atoms with Crippen LogP contribution in [0.3, 0.4) is 0 Å². The molecule has 6 heteroatoms. The summed E-state index contributed by atoms with van der Waals surface area (Å²) in [5, 5.41) is 3.88. The van der Waals surface area contributed by atoms with E-state index in [1.54, 1.807) is 0 Å². The van der Waals surface area contributed by atoms with Crippen molar-refractivity contribution in [2.45, 2.75) is 19.4 Å². The van der Waals surface area contributed by atoms with E-state index in [1.165, 1.54) is 0 Å². The molecular formula is C15H18N2O3S. The van der Waals surface area contributed by atoms with E-state index in [9.17, 15) is 13.2 Å². The molecule has 1 unspecified atom stereocenters. The first-order chi connectivity index (χ1) is 9.87.